The lowest BCUT2D eigenvalue weighted by Gasteiger charge is -2.12. The third kappa shape index (κ3) is 2.22. The molecule has 0 unspecified atom stereocenters. The minimum atomic E-state index is -1.66. The summed E-state index contributed by atoms with van der Waals surface area (Å²) in [4.78, 5) is 45.1. The Labute approximate surface area is 121 Å². The summed E-state index contributed by atoms with van der Waals surface area (Å²) in [7, 11) is 0. The van der Waals surface area contributed by atoms with E-state index in [2.05, 4.69) is 0 Å². The maximum Gasteiger partial charge on any atom is 0.337 e. The Hall–Kier alpha value is -3.42. The summed E-state index contributed by atoms with van der Waals surface area (Å²) in [5.74, 6) is -6.31. The SMILES string of the molecule is O=C(O)c1cc(C(=O)O)c2cccc(C(=O)O)c2c1C(=O)O. The summed E-state index contributed by atoms with van der Waals surface area (Å²) < 4.78 is 0. The van der Waals surface area contributed by atoms with E-state index >= 15 is 0 Å². The molecule has 0 saturated carbocycles. The van der Waals surface area contributed by atoms with Crippen LogP contribution in [0.15, 0.2) is 24.3 Å². The fourth-order valence-electron chi connectivity index (χ4n) is 2.22. The molecule has 8 heteroatoms. The number of carboxylic acid groups (broad SMARTS) is 4. The fourth-order valence-corrected chi connectivity index (χ4v) is 2.22. The molecule has 2 aromatic carbocycles. The number of carbonyl (C=O) groups is 4. The Bertz CT molecular complexity index is 838. The van der Waals surface area contributed by atoms with Gasteiger partial charge in [-0.15, -0.1) is 0 Å². The van der Waals surface area contributed by atoms with Gasteiger partial charge in [0.2, 0.25) is 0 Å². The zero-order chi connectivity index (χ0) is 16.6. The molecule has 112 valence electrons. The van der Waals surface area contributed by atoms with Gasteiger partial charge in [-0.05, 0) is 17.5 Å². The van der Waals surface area contributed by atoms with Crippen LogP contribution in [0, 0.1) is 0 Å². The molecular weight excluding hydrogens is 296 g/mol. The van der Waals surface area contributed by atoms with Gasteiger partial charge in [-0.2, -0.15) is 0 Å². The number of carboxylic acids is 4. The highest BCUT2D eigenvalue weighted by Crippen LogP contribution is 2.30. The highest BCUT2D eigenvalue weighted by Gasteiger charge is 2.27. The first-order chi connectivity index (χ1) is 10.3. The summed E-state index contributed by atoms with van der Waals surface area (Å²) in [5, 5.41) is 36.1. The molecule has 0 radical (unpaired) electrons. The molecule has 2 aromatic rings. The van der Waals surface area contributed by atoms with Crippen molar-refractivity contribution >= 4 is 34.6 Å². The molecule has 0 amide bonds. The summed E-state index contributed by atoms with van der Waals surface area (Å²) in [5.41, 5.74) is -2.52. The third-order valence-electron chi connectivity index (χ3n) is 3.07. The van der Waals surface area contributed by atoms with E-state index in [9.17, 15) is 24.3 Å². The van der Waals surface area contributed by atoms with Crippen molar-refractivity contribution in [2.24, 2.45) is 0 Å². The molecule has 0 fully saturated rings. The normalized spacial score (nSPS) is 10.4. The summed E-state index contributed by atoms with van der Waals surface area (Å²) in [6.45, 7) is 0. The van der Waals surface area contributed by atoms with Crippen LogP contribution < -0.4 is 0 Å². The van der Waals surface area contributed by atoms with E-state index in [-0.39, 0.29) is 5.39 Å². The Morgan fingerprint density at radius 2 is 1.23 bits per heavy atom. The van der Waals surface area contributed by atoms with Gasteiger partial charge in [0.05, 0.1) is 22.3 Å². The predicted octanol–water partition coefficient (Wildman–Crippen LogP) is 1.63. The molecule has 0 aliphatic rings. The van der Waals surface area contributed by atoms with Crippen molar-refractivity contribution in [2.45, 2.75) is 0 Å². The van der Waals surface area contributed by atoms with Gasteiger partial charge in [-0.1, -0.05) is 12.1 Å². The van der Waals surface area contributed by atoms with Crippen LogP contribution in [0.2, 0.25) is 0 Å². The maximum absolute atomic E-state index is 11.4. The van der Waals surface area contributed by atoms with Crippen LogP contribution in [0.4, 0.5) is 0 Å². The number of rotatable bonds is 4. The first-order valence-electron chi connectivity index (χ1n) is 5.78. The van der Waals surface area contributed by atoms with E-state index in [1.165, 1.54) is 12.1 Å². The molecule has 4 N–H and O–H groups in total. The molecule has 2 rings (SSSR count). The highest BCUT2D eigenvalue weighted by molar-refractivity contribution is 6.21. The van der Waals surface area contributed by atoms with Crippen LogP contribution >= 0.6 is 0 Å². The van der Waals surface area contributed by atoms with E-state index in [4.69, 9.17) is 15.3 Å². The Morgan fingerprint density at radius 3 is 1.68 bits per heavy atom. The first-order valence-corrected chi connectivity index (χ1v) is 5.78. The number of aromatic carboxylic acids is 4. The molecule has 0 aromatic heterocycles. The van der Waals surface area contributed by atoms with Gasteiger partial charge < -0.3 is 20.4 Å². The van der Waals surface area contributed by atoms with Gasteiger partial charge in [0, 0.05) is 5.39 Å². The topological polar surface area (TPSA) is 149 Å². The smallest absolute Gasteiger partial charge is 0.337 e. The molecule has 8 nitrogen and oxygen atoms in total. The fraction of sp³-hybridized carbons (Fsp3) is 0. The molecule has 0 spiro atoms. The van der Waals surface area contributed by atoms with Gasteiger partial charge >= 0.3 is 23.9 Å². The second kappa shape index (κ2) is 5.17. The maximum atomic E-state index is 11.4. The van der Waals surface area contributed by atoms with Gasteiger partial charge in [-0.25, -0.2) is 19.2 Å². The van der Waals surface area contributed by atoms with Gasteiger partial charge in [0.15, 0.2) is 0 Å². The quantitative estimate of drug-likeness (QED) is 0.665. The van der Waals surface area contributed by atoms with E-state index in [1.54, 1.807) is 0 Å². The lowest BCUT2D eigenvalue weighted by molar-refractivity contribution is 0.0650. The van der Waals surface area contributed by atoms with E-state index < -0.39 is 51.5 Å². The second-order valence-electron chi connectivity index (χ2n) is 4.30. The van der Waals surface area contributed by atoms with E-state index in [0.717, 1.165) is 6.07 Å². The lowest BCUT2D eigenvalue weighted by atomic mass is 9.91. The third-order valence-corrected chi connectivity index (χ3v) is 3.07. The molecular formula is C14H8O8. The number of hydrogen-bond acceptors (Lipinski definition) is 4. The zero-order valence-corrected chi connectivity index (χ0v) is 10.7. The molecule has 0 saturated heterocycles. The minimum absolute atomic E-state index is 0.158. The van der Waals surface area contributed by atoms with Gasteiger partial charge in [-0.3, -0.25) is 0 Å². The van der Waals surface area contributed by atoms with Crippen molar-refractivity contribution in [1.29, 1.82) is 0 Å². The van der Waals surface area contributed by atoms with Crippen LogP contribution in [0.25, 0.3) is 10.8 Å². The molecule has 0 bridgehead atoms. The van der Waals surface area contributed by atoms with Crippen molar-refractivity contribution in [3.8, 4) is 0 Å². The number of hydrogen-bond donors (Lipinski definition) is 4. The van der Waals surface area contributed by atoms with E-state index in [0.29, 0.717) is 6.07 Å². The molecule has 22 heavy (non-hydrogen) atoms. The first kappa shape index (κ1) is 15.0. The van der Waals surface area contributed by atoms with Crippen LogP contribution in [-0.2, 0) is 0 Å². The number of benzene rings is 2. The minimum Gasteiger partial charge on any atom is -0.478 e. The molecule has 0 heterocycles. The van der Waals surface area contributed by atoms with Crippen molar-refractivity contribution in [3.05, 3.63) is 46.5 Å². The Balaban J connectivity index is 3.18. The highest BCUT2D eigenvalue weighted by atomic mass is 16.4. The predicted molar refractivity (Wildman–Crippen MR) is 71.8 cm³/mol. The Kier molecular flexibility index (Phi) is 3.52. The molecule has 0 aliphatic carbocycles. The summed E-state index contributed by atoms with van der Waals surface area (Å²) >= 11 is 0. The average Bonchev–Trinajstić information content (AvgIpc) is 2.43. The largest absolute Gasteiger partial charge is 0.478 e. The van der Waals surface area contributed by atoms with Gasteiger partial charge in [0.25, 0.3) is 0 Å². The average molecular weight is 304 g/mol. The number of fused-ring (bicyclic) bond motifs is 1. The van der Waals surface area contributed by atoms with E-state index in [1.807, 2.05) is 0 Å². The van der Waals surface area contributed by atoms with Gasteiger partial charge in [0.1, 0.15) is 0 Å². The molecule has 0 aliphatic heterocycles. The van der Waals surface area contributed by atoms with Crippen LogP contribution in [0.3, 0.4) is 0 Å². The van der Waals surface area contributed by atoms with Crippen molar-refractivity contribution in [1.82, 2.24) is 0 Å². The van der Waals surface area contributed by atoms with Crippen molar-refractivity contribution < 1.29 is 39.6 Å². The molecule has 0 atom stereocenters. The lowest BCUT2D eigenvalue weighted by Crippen LogP contribution is -2.14. The second-order valence-corrected chi connectivity index (χ2v) is 4.30. The van der Waals surface area contributed by atoms with Crippen LogP contribution in [-0.4, -0.2) is 44.3 Å². The Morgan fingerprint density at radius 1 is 0.682 bits per heavy atom. The van der Waals surface area contributed by atoms with Crippen LogP contribution in [0.1, 0.15) is 41.4 Å². The van der Waals surface area contributed by atoms with Crippen molar-refractivity contribution in [3.63, 3.8) is 0 Å². The van der Waals surface area contributed by atoms with Crippen LogP contribution in [0.5, 0.6) is 0 Å². The monoisotopic (exact) mass is 304 g/mol. The van der Waals surface area contributed by atoms with Crippen molar-refractivity contribution in [2.75, 3.05) is 0 Å². The summed E-state index contributed by atoms with van der Waals surface area (Å²) in [6.07, 6.45) is 0. The standard InChI is InChI=1S/C14H8O8/c15-11(16)6-3-1-2-5-7(12(17)18)4-8(13(19)20)10(9(5)6)14(21)22/h1-4H,(H,15,16)(H,17,18)(H,19,20)(H,21,22). The zero-order valence-electron chi connectivity index (χ0n) is 10.7. The summed E-state index contributed by atoms with van der Waals surface area (Å²) in [6, 6.07) is 4.27.